The molecule has 0 amide bonds. The minimum absolute atomic E-state index is 0.566. The second-order valence-electron chi connectivity index (χ2n) is 6.35. The highest BCUT2D eigenvalue weighted by Crippen LogP contribution is 2.23. The Balaban J connectivity index is 1.29. The van der Waals surface area contributed by atoms with Gasteiger partial charge in [0.05, 0.1) is 6.33 Å². The predicted octanol–water partition coefficient (Wildman–Crippen LogP) is 3.47. The summed E-state index contributed by atoms with van der Waals surface area (Å²) in [5.41, 5.74) is 0.878. The van der Waals surface area contributed by atoms with Crippen LogP contribution in [0.15, 0.2) is 47.5 Å². The lowest BCUT2D eigenvalue weighted by atomic mass is 10.0. The first-order chi connectivity index (χ1) is 12.3. The number of imidazole rings is 1. The van der Waals surface area contributed by atoms with Crippen molar-refractivity contribution in [3.8, 4) is 11.4 Å². The Morgan fingerprint density at radius 1 is 1.24 bits per heavy atom. The van der Waals surface area contributed by atoms with E-state index in [0.29, 0.717) is 22.8 Å². The number of hydrogen-bond donors (Lipinski definition) is 0. The summed E-state index contributed by atoms with van der Waals surface area (Å²) in [6, 6.07) is 8.06. The van der Waals surface area contributed by atoms with Gasteiger partial charge in [-0.3, -0.25) is 0 Å². The largest absolute Gasteiger partial charge is 0.339 e. The van der Waals surface area contributed by atoms with Crippen LogP contribution in [0.3, 0.4) is 0 Å². The summed E-state index contributed by atoms with van der Waals surface area (Å²) >= 11 is 6.01. The molecule has 2 aromatic heterocycles. The van der Waals surface area contributed by atoms with Crippen molar-refractivity contribution in [3.05, 3.63) is 53.9 Å². The Morgan fingerprint density at radius 3 is 2.88 bits per heavy atom. The zero-order valence-electron chi connectivity index (χ0n) is 13.9. The van der Waals surface area contributed by atoms with E-state index in [2.05, 4.69) is 30.8 Å². The third-order valence-corrected chi connectivity index (χ3v) is 4.93. The van der Waals surface area contributed by atoms with Crippen LogP contribution in [0.4, 0.5) is 0 Å². The standard InChI is InChI=1S/C18H20ClN5O/c19-15-3-1-2-14(12-15)18-21-17(25-22-18)6-10-23-8-4-16(5-9-23)24-11-7-20-13-24/h1-3,7,11-13,16H,4-6,8-10H2. The monoisotopic (exact) mass is 357 g/mol. The lowest BCUT2D eigenvalue weighted by Gasteiger charge is -2.32. The normalized spacial score (nSPS) is 16.4. The third kappa shape index (κ3) is 3.91. The highest BCUT2D eigenvalue weighted by Gasteiger charge is 2.20. The Bertz CT molecular complexity index is 809. The highest BCUT2D eigenvalue weighted by atomic mass is 35.5. The van der Waals surface area contributed by atoms with Crippen LogP contribution < -0.4 is 0 Å². The van der Waals surface area contributed by atoms with Gasteiger partial charge in [0.1, 0.15) is 0 Å². The second-order valence-corrected chi connectivity index (χ2v) is 6.79. The molecule has 0 radical (unpaired) electrons. The first-order valence-corrected chi connectivity index (χ1v) is 8.94. The van der Waals surface area contributed by atoms with Gasteiger partial charge >= 0.3 is 0 Å². The van der Waals surface area contributed by atoms with Gasteiger partial charge in [0.2, 0.25) is 11.7 Å². The Labute approximate surface area is 151 Å². The number of hydrogen-bond acceptors (Lipinski definition) is 5. The van der Waals surface area contributed by atoms with Crippen LogP contribution >= 0.6 is 11.6 Å². The van der Waals surface area contributed by atoms with E-state index in [1.807, 2.05) is 36.8 Å². The van der Waals surface area contributed by atoms with E-state index in [9.17, 15) is 0 Å². The van der Waals surface area contributed by atoms with E-state index in [1.165, 1.54) is 0 Å². The molecule has 4 rings (SSSR count). The number of nitrogens with zero attached hydrogens (tertiary/aromatic N) is 5. The molecule has 1 saturated heterocycles. The van der Waals surface area contributed by atoms with Crippen molar-refractivity contribution in [2.45, 2.75) is 25.3 Å². The summed E-state index contributed by atoms with van der Waals surface area (Å²) in [5.74, 6) is 1.27. The predicted molar refractivity (Wildman–Crippen MR) is 95.4 cm³/mol. The van der Waals surface area contributed by atoms with Gasteiger partial charge in [-0.15, -0.1) is 0 Å². The minimum atomic E-state index is 0.566. The number of rotatable bonds is 5. The molecule has 25 heavy (non-hydrogen) atoms. The average molecular weight is 358 g/mol. The maximum Gasteiger partial charge on any atom is 0.228 e. The highest BCUT2D eigenvalue weighted by molar-refractivity contribution is 6.30. The van der Waals surface area contributed by atoms with Crippen molar-refractivity contribution >= 4 is 11.6 Å². The molecule has 6 nitrogen and oxygen atoms in total. The van der Waals surface area contributed by atoms with Gasteiger partial charge in [0.15, 0.2) is 0 Å². The SMILES string of the molecule is Clc1cccc(-c2noc(CCN3CCC(n4ccnc4)CC3)n2)c1. The molecule has 7 heteroatoms. The van der Waals surface area contributed by atoms with E-state index in [0.717, 1.165) is 44.5 Å². The first kappa shape index (κ1) is 16.3. The maximum absolute atomic E-state index is 6.01. The molecule has 0 unspecified atom stereocenters. The van der Waals surface area contributed by atoms with Gasteiger partial charge in [-0.05, 0) is 25.0 Å². The summed E-state index contributed by atoms with van der Waals surface area (Å²) in [6.45, 7) is 3.10. The summed E-state index contributed by atoms with van der Waals surface area (Å²) < 4.78 is 7.60. The van der Waals surface area contributed by atoms with E-state index in [4.69, 9.17) is 16.1 Å². The Kier molecular flexibility index (Phi) is 4.81. The molecular formula is C18H20ClN5O. The molecule has 0 N–H and O–H groups in total. The van der Waals surface area contributed by atoms with Gasteiger partial charge in [0, 0.05) is 55.1 Å². The quantitative estimate of drug-likeness (QED) is 0.699. The van der Waals surface area contributed by atoms with Crippen molar-refractivity contribution < 1.29 is 4.52 Å². The number of aromatic nitrogens is 4. The fourth-order valence-electron chi connectivity index (χ4n) is 3.28. The van der Waals surface area contributed by atoms with Gasteiger partial charge < -0.3 is 14.0 Å². The second kappa shape index (κ2) is 7.37. The van der Waals surface area contributed by atoms with Crippen LogP contribution in [-0.4, -0.2) is 44.2 Å². The van der Waals surface area contributed by atoms with Crippen molar-refractivity contribution in [2.75, 3.05) is 19.6 Å². The van der Waals surface area contributed by atoms with Crippen LogP contribution in [0.1, 0.15) is 24.8 Å². The average Bonchev–Trinajstić information content (AvgIpc) is 3.32. The van der Waals surface area contributed by atoms with E-state index >= 15 is 0 Å². The lowest BCUT2D eigenvalue weighted by Crippen LogP contribution is -2.35. The minimum Gasteiger partial charge on any atom is -0.339 e. The van der Waals surface area contributed by atoms with E-state index in [1.54, 1.807) is 0 Å². The zero-order valence-corrected chi connectivity index (χ0v) is 14.6. The van der Waals surface area contributed by atoms with Gasteiger partial charge in [0.25, 0.3) is 0 Å². The topological polar surface area (TPSA) is 60.0 Å². The molecule has 1 aromatic carbocycles. The molecule has 0 spiro atoms. The van der Waals surface area contributed by atoms with Gasteiger partial charge in [-0.1, -0.05) is 28.9 Å². The smallest absolute Gasteiger partial charge is 0.228 e. The van der Waals surface area contributed by atoms with Crippen molar-refractivity contribution in [3.63, 3.8) is 0 Å². The lowest BCUT2D eigenvalue weighted by molar-refractivity contribution is 0.183. The van der Waals surface area contributed by atoms with E-state index in [-0.39, 0.29) is 0 Å². The molecule has 1 aliphatic rings. The van der Waals surface area contributed by atoms with E-state index < -0.39 is 0 Å². The zero-order chi connectivity index (χ0) is 17.1. The van der Waals surface area contributed by atoms with Crippen molar-refractivity contribution in [1.29, 1.82) is 0 Å². The summed E-state index contributed by atoms with van der Waals surface area (Å²) in [5, 5.41) is 4.73. The molecule has 3 aromatic rings. The molecule has 0 atom stereocenters. The van der Waals surface area contributed by atoms with Gasteiger partial charge in [-0.2, -0.15) is 4.98 Å². The first-order valence-electron chi connectivity index (χ1n) is 8.56. The third-order valence-electron chi connectivity index (χ3n) is 4.70. The molecule has 0 bridgehead atoms. The van der Waals surface area contributed by atoms with Crippen molar-refractivity contribution in [2.24, 2.45) is 0 Å². The summed E-state index contributed by atoms with van der Waals surface area (Å²) in [4.78, 5) is 11.1. The molecule has 0 aliphatic carbocycles. The van der Waals surface area contributed by atoms with Crippen LogP contribution in [0, 0.1) is 0 Å². The Hall–Kier alpha value is -2.18. The molecule has 0 saturated carbocycles. The fourth-order valence-corrected chi connectivity index (χ4v) is 3.47. The van der Waals surface area contributed by atoms with Crippen LogP contribution in [-0.2, 0) is 6.42 Å². The fraction of sp³-hybridized carbons (Fsp3) is 0.389. The Morgan fingerprint density at radius 2 is 2.12 bits per heavy atom. The number of likely N-dealkylation sites (tertiary alicyclic amines) is 1. The van der Waals surface area contributed by atoms with Crippen molar-refractivity contribution in [1.82, 2.24) is 24.6 Å². The molecule has 3 heterocycles. The summed E-state index contributed by atoms with van der Waals surface area (Å²) in [6.07, 6.45) is 8.87. The molecule has 1 aliphatic heterocycles. The summed E-state index contributed by atoms with van der Waals surface area (Å²) in [7, 11) is 0. The number of benzene rings is 1. The van der Waals surface area contributed by atoms with Crippen LogP contribution in [0.25, 0.3) is 11.4 Å². The number of piperidine rings is 1. The number of halogens is 1. The van der Waals surface area contributed by atoms with Crippen LogP contribution in [0.5, 0.6) is 0 Å². The maximum atomic E-state index is 6.01. The van der Waals surface area contributed by atoms with Crippen LogP contribution in [0.2, 0.25) is 5.02 Å². The molecule has 130 valence electrons. The molecule has 1 fully saturated rings. The molecular weight excluding hydrogens is 338 g/mol. The van der Waals surface area contributed by atoms with Gasteiger partial charge in [-0.25, -0.2) is 4.98 Å².